The summed E-state index contributed by atoms with van der Waals surface area (Å²) in [5, 5.41) is 5.91. The summed E-state index contributed by atoms with van der Waals surface area (Å²) in [7, 11) is 0. The second kappa shape index (κ2) is 10.5. The first-order valence-electron chi connectivity index (χ1n) is 9.06. The zero-order valence-corrected chi connectivity index (χ0v) is 16.8. The quantitative estimate of drug-likeness (QED) is 0.648. The Hall–Kier alpha value is -2.60. The number of carbonyl (C=O) groups is 1. The summed E-state index contributed by atoms with van der Waals surface area (Å²) in [6.45, 7) is 7.42. The summed E-state index contributed by atoms with van der Waals surface area (Å²) in [6, 6.07) is 14.5. The van der Waals surface area contributed by atoms with Gasteiger partial charge in [0, 0.05) is 17.3 Å². The van der Waals surface area contributed by atoms with E-state index in [1.54, 1.807) is 18.2 Å². The maximum atomic E-state index is 12.4. The molecule has 0 aromatic heterocycles. The van der Waals surface area contributed by atoms with Gasteiger partial charge >= 0.3 is 0 Å². The molecule has 2 aromatic carbocycles. The molecular weight excluding hydrogens is 360 g/mol. The lowest BCUT2D eigenvalue weighted by atomic mass is 10.1. The molecule has 0 fully saturated rings. The molecular formula is C21H26N2O3S. The van der Waals surface area contributed by atoms with E-state index in [4.69, 9.17) is 21.7 Å². The van der Waals surface area contributed by atoms with Crippen LogP contribution in [0.1, 0.15) is 37.6 Å². The fourth-order valence-corrected chi connectivity index (χ4v) is 2.52. The minimum Gasteiger partial charge on any atom is -0.494 e. The topological polar surface area (TPSA) is 59.6 Å². The van der Waals surface area contributed by atoms with E-state index in [-0.39, 0.29) is 11.0 Å². The van der Waals surface area contributed by atoms with Crippen molar-refractivity contribution in [1.82, 2.24) is 5.32 Å². The summed E-state index contributed by atoms with van der Waals surface area (Å²) in [6.07, 6.45) is 0.993. The van der Waals surface area contributed by atoms with E-state index < -0.39 is 0 Å². The van der Waals surface area contributed by atoms with Gasteiger partial charge < -0.3 is 14.8 Å². The maximum absolute atomic E-state index is 12.4. The van der Waals surface area contributed by atoms with Crippen LogP contribution in [-0.4, -0.2) is 24.2 Å². The Bertz CT molecular complexity index is 778. The lowest BCUT2D eigenvalue weighted by molar-refractivity contribution is 0.0977. The molecule has 0 aliphatic rings. The summed E-state index contributed by atoms with van der Waals surface area (Å²) < 4.78 is 11.2. The standard InChI is InChI=1S/C21H26N2O3S/c1-4-25-18-9-5-7-16(13-18)20(24)23-21(27)22-17-8-6-10-19(14-17)26-12-11-15(2)3/h5-10,13-15H,4,11-12H2,1-3H3,(H2,22,23,24,27). The molecule has 1 amide bonds. The number of ether oxygens (including phenoxy) is 2. The lowest BCUT2D eigenvalue weighted by Crippen LogP contribution is -2.34. The zero-order chi connectivity index (χ0) is 19.6. The average Bonchev–Trinajstić information content (AvgIpc) is 2.62. The Balaban J connectivity index is 1.91. The highest BCUT2D eigenvalue weighted by atomic mass is 32.1. The van der Waals surface area contributed by atoms with Crippen LogP contribution in [0.25, 0.3) is 0 Å². The Morgan fingerprint density at radius 3 is 2.48 bits per heavy atom. The highest BCUT2D eigenvalue weighted by molar-refractivity contribution is 7.80. The number of thiocarbonyl (C=S) groups is 1. The van der Waals surface area contributed by atoms with Crippen molar-refractivity contribution in [3.05, 3.63) is 54.1 Å². The van der Waals surface area contributed by atoms with Crippen molar-refractivity contribution < 1.29 is 14.3 Å². The normalized spacial score (nSPS) is 10.4. The third-order valence-electron chi connectivity index (χ3n) is 3.69. The van der Waals surface area contributed by atoms with Gasteiger partial charge in [-0.3, -0.25) is 10.1 Å². The number of rotatable bonds is 8. The van der Waals surface area contributed by atoms with Crippen molar-refractivity contribution in [1.29, 1.82) is 0 Å². The molecule has 0 aliphatic heterocycles. The van der Waals surface area contributed by atoms with E-state index in [9.17, 15) is 4.79 Å². The van der Waals surface area contributed by atoms with Crippen LogP contribution in [0.15, 0.2) is 48.5 Å². The minimum absolute atomic E-state index is 0.223. The van der Waals surface area contributed by atoms with Crippen LogP contribution < -0.4 is 20.1 Å². The minimum atomic E-state index is -0.293. The highest BCUT2D eigenvalue weighted by Gasteiger charge is 2.09. The molecule has 0 aliphatic carbocycles. The SMILES string of the molecule is CCOc1cccc(C(=O)NC(=S)Nc2cccc(OCCC(C)C)c2)c1. The summed E-state index contributed by atoms with van der Waals surface area (Å²) in [5.41, 5.74) is 1.24. The summed E-state index contributed by atoms with van der Waals surface area (Å²) in [4.78, 5) is 12.4. The average molecular weight is 387 g/mol. The van der Waals surface area contributed by atoms with Crippen LogP contribution in [-0.2, 0) is 0 Å². The van der Waals surface area contributed by atoms with Crippen molar-refractivity contribution in [3.63, 3.8) is 0 Å². The lowest BCUT2D eigenvalue weighted by Gasteiger charge is -2.12. The number of benzene rings is 2. The van der Waals surface area contributed by atoms with Crippen molar-refractivity contribution in [2.75, 3.05) is 18.5 Å². The summed E-state index contributed by atoms with van der Waals surface area (Å²) >= 11 is 5.25. The smallest absolute Gasteiger partial charge is 0.257 e. The fraction of sp³-hybridized carbons (Fsp3) is 0.333. The number of carbonyl (C=O) groups excluding carboxylic acids is 1. The molecule has 2 N–H and O–H groups in total. The first-order chi connectivity index (χ1) is 13.0. The fourth-order valence-electron chi connectivity index (χ4n) is 2.31. The Labute approximate surface area is 166 Å². The van der Waals surface area contributed by atoms with Crippen molar-refractivity contribution >= 4 is 28.9 Å². The molecule has 0 heterocycles. The van der Waals surface area contributed by atoms with Gasteiger partial charge in [-0.05, 0) is 61.8 Å². The van der Waals surface area contributed by atoms with E-state index in [1.807, 2.05) is 37.3 Å². The van der Waals surface area contributed by atoms with Crippen LogP contribution in [0, 0.1) is 5.92 Å². The molecule has 0 saturated carbocycles. The molecule has 6 heteroatoms. The van der Waals surface area contributed by atoms with Crippen LogP contribution >= 0.6 is 12.2 Å². The predicted molar refractivity (Wildman–Crippen MR) is 113 cm³/mol. The molecule has 144 valence electrons. The number of nitrogens with one attached hydrogen (secondary N) is 2. The third kappa shape index (κ3) is 7.27. The van der Waals surface area contributed by atoms with Gasteiger partial charge in [0.1, 0.15) is 11.5 Å². The van der Waals surface area contributed by atoms with Gasteiger partial charge in [0.05, 0.1) is 13.2 Å². The predicted octanol–water partition coefficient (Wildman–Crippen LogP) is 4.64. The second-order valence-electron chi connectivity index (χ2n) is 6.43. The van der Waals surface area contributed by atoms with E-state index in [0.717, 1.165) is 17.9 Å². The number of hydrogen-bond donors (Lipinski definition) is 2. The molecule has 0 saturated heterocycles. The Kier molecular flexibility index (Phi) is 8.07. The van der Waals surface area contributed by atoms with Gasteiger partial charge in [-0.1, -0.05) is 26.0 Å². The van der Waals surface area contributed by atoms with Gasteiger partial charge in [-0.15, -0.1) is 0 Å². The monoisotopic (exact) mass is 386 g/mol. The molecule has 2 rings (SSSR count). The van der Waals surface area contributed by atoms with Crippen LogP contribution in [0.3, 0.4) is 0 Å². The van der Waals surface area contributed by atoms with Crippen LogP contribution in [0.5, 0.6) is 11.5 Å². The zero-order valence-electron chi connectivity index (χ0n) is 16.0. The molecule has 0 atom stereocenters. The van der Waals surface area contributed by atoms with Crippen molar-refractivity contribution in [2.24, 2.45) is 5.92 Å². The van der Waals surface area contributed by atoms with Crippen molar-refractivity contribution in [3.8, 4) is 11.5 Å². The van der Waals surface area contributed by atoms with E-state index in [1.165, 1.54) is 0 Å². The van der Waals surface area contributed by atoms with E-state index in [2.05, 4.69) is 24.5 Å². The second-order valence-corrected chi connectivity index (χ2v) is 6.84. The van der Waals surface area contributed by atoms with Crippen LogP contribution in [0.4, 0.5) is 5.69 Å². The van der Waals surface area contributed by atoms with E-state index >= 15 is 0 Å². The molecule has 27 heavy (non-hydrogen) atoms. The molecule has 2 aromatic rings. The van der Waals surface area contributed by atoms with Gasteiger partial charge in [-0.25, -0.2) is 0 Å². The van der Waals surface area contributed by atoms with Gasteiger partial charge in [0.15, 0.2) is 5.11 Å². The Morgan fingerprint density at radius 1 is 1.07 bits per heavy atom. The molecule has 0 radical (unpaired) electrons. The maximum Gasteiger partial charge on any atom is 0.257 e. The first kappa shape index (κ1) is 20.7. The number of amides is 1. The molecule has 0 unspecified atom stereocenters. The molecule has 5 nitrogen and oxygen atoms in total. The van der Waals surface area contributed by atoms with Gasteiger partial charge in [0.2, 0.25) is 0 Å². The van der Waals surface area contributed by atoms with Crippen LogP contribution in [0.2, 0.25) is 0 Å². The third-order valence-corrected chi connectivity index (χ3v) is 3.89. The highest BCUT2D eigenvalue weighted by Crippen LogP contribution is 2.18. The summed E-state index contributed by atoms with van der Waals surface area (Å²) in [5.74, 6) is 1.71. The van der Waals surface area contributed by atoms with Gasteiger partial charge in [0.25, 0.3) is 5.91 Å². The molecule has 0 spiro atoms. The van der Waals surface area contributed by atoms with Crippen molar-refractivity contribution in [2.45, 2.75) is 27.2 Å². The van der Waals surface area contributed by atoms with E-state index in [0.29, 0.717) is 30.4 Å². The molecule has 0 bridgehead atoms. The Morgan fingerprint density at radius 2 is 1.78 bits per heavy atom. The number of anilines is 1. The van der Waals surface area contributed by atoms with Gasteiger partial charge in [-0.2, -0.15) is 0 Å². The number of hydrogen-bond acceptors (Lipinski definition) is 4. The largest absolute Gasteiger partial charge is 0.494 e. The first-order valence-corrected chi connectivity index (χ1v) is 9.46.